The smallest absolute Gasteiger partial charge is 0.325 e. The molecule has 5 heteroatoms. The van der Waals surface area contributed by atoms with Crippen LogP contribution in [0.15, 0.2) is 30.3 Å². The first-order valence-electron chi connectivity index (χ1n) is 10.0. The molecule has 0 radical (unpaired) electrons. The number of amides is 1. The Kier molecular flexibility index (Phi) is 5.02. The highest BCUT2D eigenvalue weighted by Crippen LogP contribution is 2.60. The average Bonchev–Trinajstić information content (AvgIpc) is 2.64. The molecule has 5 nitrogen and oxygen atoms in total. The molecule has 4 fully saturated rings. The van der Waals surface area contributed by atoms with Crippen molar-refractivity contribution in [3.05, 3.63) is 35.9 Å². The van der Waals surface area contributed by atoms with Gasteiger partial charge in [-0.15, -0.1) is 0 Å². The summed E-state index contributed by atoms with van der Waals surface area (Å²) in [4.78, 5) is 36.7. The third-order valence-electron chi connectivity index (χ3n) is 6.63. The van der Waals surface area contributed by atoms with Gasteiger partial charge in [-0.1, -0.05) is 30.3 Å². The number of ether oxygens (including phenoxy) is 1. The molecule has 0 spiro atoms. The summed E-state index contributed by atoms with van der Waals surface area (Å²) in [5, 5.41) is 2.57. The zero-order valence-corrected chi connectivity index (χ0v) is 15.6. The number of carbonyl (C=O) groups is 3. The second-order valence-electron chi connectivity index (χ2n) is 8.72. The lowest BCUT2D eigenvalue weighted by molar-refractivity contribution is -0.157. The maximum atomic E-state index is 12.8. The topological polar surface area (TPSA) is 72.5 Å². The van der Waals surface area contributed by atoms with Gasteiger partial charge in [0.2, 0.25) is 5.91 Å². The molecule has 0 saturated heterocycles. The highest BCUT2D eigenvalue weighted by Gasteiger charge is 2.54. The quantitative estimate of drug-likeness (QED) is 0.750. The van der Waals surface area contributed by atoms with E-state index in [1.807, 2.05) is 30.3 Å². The molecule has 4 saturated carbocycles. The molecule has 0 aliphatic heterocycles. The van der Waals surface area contributed by atoms with Gasteiger partial charge in [-0.2, -0.15) is 0 Å². The second kappa shape index (κ2) is 7.45. The van der Waals surface area contributed by atoms with Crippen LogP contribution in [0.5, 0.6) is 0 Å². The number of rotatable bonds is 7. The van der Waals surface area contributed by atoms with E-state index in [1.165, 1.54) is 19.3 Å². The summed E-state index contributed by atoms with van der Waals surface area (Å²) in [5.41, 5.74) is 0.645. The molecule has 0 aromatic heterocycles. The summed E-state index contributed by atoms with van der Waals surface area (Å²) < 4.78 is 5.19. The first-order chi connectivity index (χ1) is 13.0. The summed E-state index contributed by atoms with van der Waals surface area (Å²) in [6, 6.07) is 9.35. The van der Waals surface area contributed by atoms with Gasteiger partial charge in [-0.3, -0.25) is 14.4 Å². The molecule has 1 N–H and O–H groups in total. The van der Waals surface area contributed by atoms with Crippen molar-refractivity contribution in [1.82, 2.24) is 5.32 Å². The van der Waals surface area contributed by atoms with Crippen LogP contribution in [0.3, 0.4) is 0 Å². The van der Waals surface area contributed by atoms with Crippen LogP contribution < -0.4 is 5.32 Å². The standard InChI is InChI=1S/C22H27NO4/c24-19(22-10-16-6-17(11-22)8-18(7-16)12-22)14-27-21(26)13-23-20(25)9-15-4-2-1-3-5-15/h1-5,16-18H,6-14H2,(H,23,25). The van der Waals surface area contributed by atoms with Gasteiger partial charge in [-0.25, -0.2) is 0 Å². The van der Waals surface area contributed by atoms with Crippen molar-refractivity contribution in [2.75, 3.05) is 13.2 Å². The number of Topliss-reactive ketones (excluding diaryl/α,β-unsaturated/α-hetero) is 1. The van der Waals surface area contributed by atoms with Crippen LogP contribution in [-0.2, 0) is 25.5 Å². The highest BCUT2D eigenvalue weighted by atomic mass is 16.5. The van der Waals surface area contributed by atoms with E-state index in [-0.39, 0.29) is 36.7 Å². The van der Waals surface area contributed by atoms with Crippen molar-refractivity contribution in [3.8, 4) is 0 Å². The van der Waals surface area contributed by atoms with Gasteiger partial charge < -0.3 is 10.1 Å². The van der Waals surface area contributed by atoms with E-state index in [0.29, 0.717) is 17.8 Å². The first-order valence-corrected chi connectivity index (χ1v) is 10.0. The molecule has 4 bridgehead atoms. The molecule has 0 heterocycles. The summed E-state index contributed by atoms with van der Waals surface area (Å²) in [6.07, 6.45) is 6.98. The highest BCUT2D eigenvalue weighted by molar-refractivity contribution is 5.89. The minimum atomic E-state index is -0.547. The van der Waals surface area contributed by atoms with Crippen LogP contribution in [0.25, 0.3) is 0 Å². The summed E-state index contributed by atoms with van der Waals surface area (Å²) in [7, 11) is 0. The molecule has 0 atom stereocenters. The maximum absolute atomic E-state index is 12.8. The SMILES string of the molecule is O=C(Cc1ccccc1)NCC(=O)OCC(=O)C12CC3CC(CC(C3)C1)C2. The lowest BCUT2D eigenvalue weighted by Crippen LogP contribution is -2.51. The number of carbonyl (C=O) groups excluding carboxylic acids is 3. The third kappa shape index (κ3) is 4.07. The van der Waals surface area contributed by atoms with Gasteiger partial charge in [0.15, 0.2) is 12.4 Å². The fraction of sp³-hybridized carbons (Fsp3) is 0.591. The molecule has 1 aromatic carbocycles. The molecule has 5 rings (SSSR count). The predicted octanol–water partition coefficient (Wildman–Crippen LogP) is 2.67. The molecule has 1 aromatic rings. The summed E-state index contributed by atoms with van der Waals surface area (Å²) in [6.45, 7) is -0.348. The number of hydrogen-bond donors (Lipinski definition) is 1. The van der Waals surface area contributed by atoms with Gasteiger partial charge in [0.1, 0.15) is 6.54 Å². The molecule has 144 valence electrons. The average molecular weight is 369 g/mol. The Hall–Kier alpha value is -2.17. The van der Waals surface area contributed by atoms with E-state index in [0.717, 1.165) is 24.8 Å². The van der Waals surface area contributed by atoms with E-state index in [4.69, 9.17) is 4.74 Å². The third-order valence-corrected chi connectivity index (χ3v) is 6.63. The van der Waals surface area contributed by atoms with Crippen LogP contribution in [0.2, 0.25) is 0 Å². The van der Waals surface area contributed by atoms with Crippen LogP contribution in [0, 0.1) is 23.2 Å². The lowest BCUT2D eigenvalue weighted by atomic mass is 9.48. The van der Waals surface area contributed by atoms with Crippen molar-refractivity contribution in [2.24, 2.45) is 23.2 Å². The normalized spacial score (nSPS) is 30.7. The molecule has 4 aliphatic carbocycles. The summed E-state index contributed by atoms with van der Waals surface area (Å²) in [5.74, 6) is 1.38. The van der Waals surface area contributed by atoms with E-state index < -0.39 is 5.97 Å². The van der Waals surface area contributed by atoms with Gasteiger partial charge in [0.25, 0.3) is 0 Å². The fourth-order valence-electron chi connectivity index (χ4n) is 5.82. The number of benzene rings is 1. The van der Waals surface area contributed by atoms with Gasteiger partial charge in [0, 0.05) is 5.41 Å². The first kappa shape index (κ1) is 18.2. The molecular formula is C22H27NO4. The van der Waals surface area contributed by atoms with Crippen molar-refractivity contribution in [3.63, 3.8) is 0 Å². The Morgan fingerprint density at radius 2 is 1.56 bits per heavy atom. The molecule has 4 aliphatic rings. The summed E-state index contributed by atoms with van der Waals surface area (Å²) >= 11 is 0. The van der Waals surface area contributed by atoms with Crippen molar-refractivity contribution in [1.29, 1.82) is 0 Å². The maximum Gasteiger partial charge on any atom is 0.325 e. The van der Waals surface area contributed by atoms with Crippen LogP contribution >= 0.6 is 0 Å². The zero-order valence-electron chi connectivity index (χ0n) is 15.6. The monoisotopic (exact) mass is 369 g/mol. The number of nitrogens with one attached hydrogen (secondary N) is 1. The van der Waals surface area contributed by atoms with E-state index in [2.05, 4.69) is 5.32 Å². The molecular weight excluding hydrogens is 342 g/mol. The van der Waals surface area contributed by atoms with Gasteiger partial charge in [-0.05, 0) is 61.8 Å². The van der Waals surface area contributed by atoms with Crippen molar-refractivity contribution in [2.45, 2.75) is 44.9 Å². The van der Waals surface area contributed by atoms with E-state index >= 15 is 0 Å². The molecule has 1 amide bonds. The van der Waals surface area contributed by atoms with Gasteiger partial charge in [0.05, 0.1) is 6.42 Å². The van der Waals surface area contributed by atoms with Crippen molar-refractivity contribution >= 4 is 17.7 Å². The van der Waals surface area contributed by atoms with E-state index in [9.17, 15) is 14.4 Å². The van der Waals surface area contributed by atoms with Crippen LogP contribution in [-0.4, -0.2) is 30.8 Å². The minimum Gasteiger partial charge on any atom is -0.456 e. The number of hydrogen-bond acceptors (Lipinski definition) is 4. The largest absolute Gasteiger partial charge is 0.456 e. The van der Waals surface area contributed by atoms with Crippen LogP contribution in [0.1, 0.15) is 44.1 Å². The second-order valence-corrected chi connectivity index (χ2v) is 8.72. The Balaban J connectivity index is 1.21. The lowest BCUT2D eigenvalue weighted by Gasteiger charge is -2.55. The van der Waals surface area contributed by atoms with E-state index in [1.54, 1.807) is 0 Å². The zero-order chi connectivity index (χ0) is 18.9. The minimum absolute atomic E-state index is 0.0885. The van der Waals surface area contributed by atoms with Crippen molar-refractivity contribution < 1.29 is 19.1 Å². The van der Waals surface area contributed by atoms with Gasteiger partial charge >= 0.3 is 5.97 Å². The Bertz CT molecular complexity index is 692. The molecule has 0 unspecified atom stereocenters. The number of ketones is 1. The predicted molar refractivity (Wildman–Crippen MR) is 99.7 cm³/mol. The number of esters is 1. The fourth-order valence-corrected chi connectivity index (χ4v) is 5.82. The Morgan fingerprint density at radius 3 is 2.15 bits per heavy atom. The molecule has 27 heavy (non-hydrogen) atoms. The van der Waals surface area contributed by atoms with Crippen LogP contribution in [0.4, 0.5) is 0 Å². The Labute approximate surface area is 159 Å². The Morgan fingerprint density at radius 1 is 0.963 bits per heavy atom.